The molecule has 2 aromatic carbocycles. The molecule has 1 aromatic heterocycles. The molecule has 3 aromatic rings. The van der Waals surface area contributed by atoms with Gasteiger partial charge < -0.3 is 5.32 Å². The minimum atomic E-state index is -4.87. The highest BCUT2D eigenvalue weighted by Gasteiger charge is 2.38. The average Bonchev–Trinajstić information content (AvgIpc) is 2.76. The third-order valence-electron chi connectivity index (χ3n) is 4.66. The normalized spacial score (nSPS) is 12.5. The first kappa shape index (κ1) is 25.4. The van der Waals surface area contributed by atoms with Crippen LogP contribution in [0.3, 0.4) is 0 Å². The highest BCUT2D eigenvalue weighted by Crippen LogP contribution is 2.36. The lowest BCUT2D eigenvalue weighted by Gasteiger charge is -2.19. The molecule has 3 nitrogen and oxygen atoms in total. The predicted molar refractivity (Wildman–Crippen MR) is 107 cm³/mol. The van der Waals surface area contributed by atoms with Crippen molar-refractivity contribution in [1.82, 2.24) is 10.3 Å². The molecule has 0 bridgehead atoms. The van der Waals surface area contributed by atoms with E-state index >= 15 is 0 Å². The van der Waals surface area contributed by atoms with Crippen molar-refractivity contribution in [2.75, 3.05) is 6.54 Å². The summed E-state index contributed by atoms with van der Waals surface area (Å²) in [5.74, 6) is -5.28. The number of rotatable bonds is 5. The van der Waals surface area contributed by atoms with Gasteiger partial charge in [0.05, 0.1) is 28.3 Å². The van der Waals surface area contributed by atoms with Crippen LogP contribution in [0, 0.1) is 0 Å². The number of alkyl halides is 8. The number of carbonyl (C=O) groups excluding carboxylic acids is 1. The molecule has 1 amide bonds. The van der Waals surface area contributed by atoms with Crippen molar-refractivity contribution in [3.63, 3.8) is 0 Å². The second-order valence-electron chi connectivity index (χ2n) is 7.06. The van der Waals surface area contributed by atoms with E-state index in [1.54, 1.807) is 5.32 Å². The van der Waals surface area contributed by atoms with Crippen molar-refractivity contribution in [2.24, 2.45) is 0 Å². The number of carbonyl (C=O) groups is 1. The van der Waals surface area contributed by atoms with E-state index in [0.29, 0.717) is 6.07 Å². The monoisotopic (exact) mass is 508 g/mol. The fourth-order valence-electron chi connectivity index (χ4n) is 3.04. The van der Waals surface area contributed by atoms with Crippen LogP contribution < -0.4 is 5.32 Å². The SMILES string of the molecule is O=C(NCC(F)(F)c1ncc(-c2cccc(C(F)(F)F)c2)cc1Cl)c1ccccc1C(F)(F)F. The summed E-state index contributed by atoms with van der Waals surface area (Å²) < 4.78 is 107. The Kier molecular flexibility index (Phi) is 6.88. The maximum absolute atomic E-state index is 14.6. The summed E-state index contributed by atoms with van der Waals surface area (Å²) in [6.07, 6.45) is -8.62. The van der Waals surface area contributed by atoms with Crippen LogP contribution in [-0.2, 0) is 18.3 Å². The first-order valence-corrected chi connectivity index (χ1v) is 9.74. The smallest absolute Gasteiger partial charge is 0.346 e. The third kappa shape index (κ3) is 5.64. The largest absolute Gasteiger partial charge is 0.417 e. The van der Waals surface area contributed by atoms with Gasteiger partial charge in [0.1, 0.15) is 5.69 Å². The summed E-state index contributed by atoms with van der Waals surface area (Å²) in [6.45, 7) is -1.42. The molecule has 0 fully saturated rings. The van der Waals surface area contributed by atoms with Crippen LogP contribution in [0.25, 0.3) is 11.1 Å². The van der Waals surface area contributed by atoms with Gasteiger partial charge in [0.15, 0.2) is 0 Å². The maximum atomic E-state index is 14.6. The van der Waals surface area contributed by atoms with Crippen molar-refractivity contribution in [2.45, 2.75) is 18.3 Å². The Bertz CT molecular complexity index is 1210. The molecule has 1 N–H and O–H groups in total. The Hall–Kier alpha value is -3.21. The molecule has 0 unspecified atom stereocenters. The minimum Gasteiger partial charge on any atom is -0.346 e. The molecule has 0 radical (unpaired) electrons. The van der Waals surface area contributed by atoms with E-state index in [1.165, 1.54) is 6.07 Å². The Labute approximate surface area is 192 Å². The topological polar surface area (TPSA) is 42.0 Å². The Morgan fingerprint density at radius 1 is 0.853 bits per heavy atom. The lowest BCUT2D eigenvalue weighted by atomic mass is 10.0. The zero-order valence-corrected chi connectivity index (χ0v) is 17.5. The van der Waals surface area contributed by atoms with E-state index in [0.717, 1.165) is 48.7 Å². The zero-order chi connectivity index (χ0) is 25.3. The van der Waals surface area contributed by atoms with Gasteiger partial charge in [0.25, 0.3) is 5.91 Å². The number of nitrogens with zero attached hydrogens (tertiary/aromatic N) is 1. The van der Waals surface area contributed by atoms with Gasteiger partial charge in [0, 0.05) is 11.8 Å². The Morgan fingerprint density at radius 3 is 2.15 bits per heavy atom. The molecule has 0 aliphatic rings. The standard InChI is InChI=1S/C22H13ClF8N2O/c23-17-9-13(12-4-3-5-14(8-12)21(26,27)28)10-32-18(17)20(24,25)11-33-19(34)15-6-1-2-7-16(15)22(29,30)31/h1-10H,11H2,(H,33,34). The van der Waals surface area contributed by atoms with Crippen molar-refractivity contribution in [3.05, 3.63) is 88.2 Å². The van der Waals surface area contributed by atoms with Crippen LogP contribution in [0.1, 0.15) is 27.2 Å². The van der Waals surface area contributed by atoms with E-state index in [1.807, 2.05) is 0 Å². The van der Waals surface area contributed by atoms with Gasteiger partial charge in [-0.05, 0) is 35.9 Å². The van der Waals surface area contributed by atoms with Gasteiger partial charge in [-0.25, -0.2) is 0 Å². The summed E-state index contributed by atoms with van der Waals surface area (Å²) in [7, 11) is 0. The molecule has 0 saturated carbocycles. The van der Waals surface area contributed by atoms with Crippen LogP contribution >= 0.6 is 11.6 Å². The molecular weight excluding hydrogens is 496 g/mol. The summed E-state index contributed by atoms with van der Waals surface area (Å²) >= 11 is 5.88. The van der Waals surface area contributed by atoms with Gasteiger partial charge >= 0.3 is 18.3 Å². The van der Waals surface area contributed by atoms with Crippen molar-refractivity contribution < 1.29 is 39.9 Å². The van der Waals surface area contributed by atoms with E-state index in [4.69, 9.17) is 11.6 Å². The predicted octanol–water partition coefficient (Wildman–Crippen LogP) is 6.96. The number of hydrogen-bond acceptors (Lipinski definition) is 2. The molecule has 0 atom stereocenters. The summed E-state index contributed by atoms with van der Waals surface area (Å²) in [5, 5.41) is 1.13. The van der Waals surface area contributed by atoms with Gasteiger partial charge in [-0.2, -0.15) is 35.1 Å². The van der Waals surface area contributed by atoms with Gasteiger partial charge in [-0.1, -0.05) is 35.9 Å². The van der Waals surface area contributed by atoms with E-state index in [9.17, 15) is 39.9 Å². The molecule has 0 aliphatic carbocycles. The lowest BCUT2D eigenvalue weighted by molar-refractivity contribution is -0.138. The number of nitrogens with one attached hydrogen (secondary N) is 1. The van der Waals surface area contributed by atoms with Crippen molar-refractivity contribution in [1.29, 1.82) is 0 Å². The van der Waals surface area contributed by atoms with Gasteiger partial charge in [-0.15, -0.1) is 0 Å². The van der Waals surface area contributed by atoms with Gasteiger partial charge in [0.2, 0.25) is 0 Å². The van der Waals surface area contributed by atoms with Crippen molar-refractivity contribution in [3.8, 4) is 11.1 Å². The van der Waals surface area contributed by atoms with E-state index < -0.39 is 58.1 Å². The molecular formula is C22H13ClF8N2O. The number of hydrogen-bond donors (Lipinski definition) is 1. The van der Waals surface area contributed by atoms with Crippen molar-refractivity contribution >= 4 is 17.5 Å². The quantitative estimate of drug-likeness (QED) is 0.379. The second kappa shape index (κ2) is 9.21. The number of halogens is 9. The van der Waals surface area contributed by atoms with Crippen LogP contribution in [0.15, 0.2) is 60.8 Å². The minimum absolute atomic E-state index is 0.0242. The summed E-state index contributed by atoms with van der Waals surface area (Å²) in [5.41, 5.74) is -4.05. The zero-order valence-electron chi connectivity index (χ0n) is 16.7. The second-order valence-corrected chi connectivity index (χ2v) is 7.47. The van der Waals surface area contributed by atoms with Crippen LogP contribution in [0.2, 0.25) is 5.02 Å². The molecule has 34 heavy (non-hydrogen) atoms. The van der Waals surface area contributed by atoms with Gasteiger partial charge in [-0.3, -0.25) is 9.78 Å². The fourth-order valence-corrected chi connectivity index (χ4v) is 3.34. The van der Waals surface area contributed by atoms with E-state index in [2.05, 4.69) is 4.98 Å². The molecule has 1 heterocycles. The van der Waals surface area contributed by atoms with E-state index in [-0.39, 0.29) is 11.1 Å². The molecule has 12 heteroatoms. The summed E-state index contributed by atoms with van der Waals surface area (Å²) in [6, 6.07) is 8.71. The highest BCUT2D eigenvalue weighted by molar-refractivity contribution is 6.31. The molecule has 0 spiro atoms. The average molecular weight is 509 g/mol. The molecule has 180 valence electrons. The third-order valence-corrected chi connectivity index (χ3v) is 4.95. The first-order valence-electron chi connectivity index (χ1n) is 9.36. The van der Waals surface area contributed by atoms with Crippen LogP contribution in [-0.4, -0.2) is 17.4 Å². The molecule has 0 saturated heterocycles. The number of aromatic nitrogens is 1. The Balaban J connectivity index is 1.81. The summed E-state index contributed by atoms with van der Waals surface area (Å²) in [4.78, 5) is 15.7. The lowest BCUT2D eigenvalue weighted by Crippen LogP contribution is -2.36. The van der Waals surface area contributed by atoms with Crippen LogP contribution in [0.5, 0.6) is 0 Å². The Morgan fingerprint density at radius 2 is 1.53 bits per heavy atom. The fraction of sp³-hybridized carbons (Fsp3) is 0.182. The number of benzene rings is 2. The van der Waals surface area contributed by atoms with Crippen LogP contribution in [0.4, 0.5) is 35.1 Å². The maximum Gasteiger partial charge on any atom is 0.417 e. The first-order chi connectivity index (χ1) is 15.7. The highest BCUT2D eigenvalue weighted by atomic mass is 35.5. The number of amides is 1. The molecule has 0 aliphatic heterocycles. The molecule has 3 rings (SSSR count). The number of pyridine rings is 1.